The van der Waals surface area contributed by atoms with Gasteiger partial charge in [-0.1, -0.05) is 23.4 Å². The molecule has 0 bridgehead atoms. The van der Waals surface area contributed by atoms with Gasteiger partial charge in [0.25, 0.3) is 5.91 Å². The number of aryl methyl sites for hydroxylation is 1. The number of halogens is 1. The standard InChI is InChI=1S/C16H15ClN2O2/c1-2-19-9-3-6-15(19)16(21)18-14-8-7-13(17)11-12(14)5-4-10-20/h3,6-9,11,20H,2,10H2,1H3,(H,18,21). The van der Waals surface area contributed by atoms with Crippen molar-refractivity contribution in [3.05, 3.63) is 52.8 Å². The van der Waals surface area contributed by atoms with E-state index in [0.29, 0.717) is 28.5 Å². The number of hydrogen-bond acceptors (Lipinski definition) is 2. The fourth-order valence-electron chi connectivity index (χ4n) is 1.95. The van der Waals surface area contributed by atoms with Crippen LogP contribution in [-0.2, 0) is 6.54 Å². The fourth-order valence-corrected chi connectivity index (χ4v) is 2.12. The Kier molecular flexibility index (Phi) is 5.04. The number of amides is 1. The molecule has 0 aliphatic heterocycles. The molecule has 0 atom stereocenters. The molecule has 2 rings (SSSR count). The predicted octanol–water partition coefficient (Wildman–Crippen LogP) is 2.76. The third kappa shape index (κ3) is 3.66. The van der Waals surface area contributed by atoms with Crippen LogP contribution in [0.4, 0.5) is 5.69 Å². The molecule has 1 aromatic carbocycles. The number of carbonyl (C=O) groups excluding carboxylic acids is 1. The van der Waals surface area contributed by atoms with E-state index in [9.17, 15) is 4.79 Å². The molecule has 108 valence electrons. The SMILES string of the molecule is CCn1cccc1C(=O)Nc1ccc(Cl)cc1C#CCO. The summed E-state index contributed by atoms with van der Waals surface area (Å²) in [5.41, 5.74) is 1.71. The summed E-state index contributed by atoms with van der Waals surface area (Å²) < 4.78 is 1.85. The minimum absolute atomic E-state index is 0.212. The lowest BCUT2D eigenvalue weighted by Crippen LogP contribution is -2.17. The fraction of sp³-hybridized carbons (Fsp3) is 0.188. The van der Waals surface area contributed by atoms with E-state index in [2.05, 4.69) is 17.2 Å². The number of carbonyl (C=O) groups is 1. The maximum Gasteiger partial charge on any atom is 0.272 e. The number of benzene rings is 1. The molecule has 21 heavy (non-hydrogen) atoms. The highest BCUT2D eigenvalue weighted by atomic mass is 35.5. The first-order valence-corrected chi connectivity index (χ1v) is 6.89. The molecular weight excluding hydrogens is 288 g/mol. The average molecular weight is 303 g/mol. The van der Waals surface area contributed by atoms with Crippen molar-refractivity contribution in [1.82, 2.24) is 4.57 Å². The second kappa shape index (κ2) is 6.98. The van der Waals surface area contributed by atoms with Crippen molar-refractivity contribution in [2.24, 2.45) is 0 Å². The molecule has 0 aliphatic rings. The summed E-state index contributed by atoms with van der Waals surface area (Å²) >= 11 is 5.93. The molecule has 1 amide bonds. The summed E-state index contributed by atoms with van der Waals surface area (Å²) in [5, 5.41) is 12.1. The highest BCUT2D eigenvalue weighted by molar-refractivity contribution is 6.30. The first-order valence-electron chi connectivity index (χ1n) is 6.51. The Bertz CT molecular complexity index is 711. The second-order valence-electron chi connectivity index (χ2n) is 4.28. The topological polar surface area (TPSA) is 54.3 Å². The van der Waals surface area contributed by atoms with Crippen LogP contribution in [0.3, 0.4) is 0 Å². The van der Waals surface area contributed by atoms with Crippen molar-refractivity contribution in [1.29, 1.82) is 0 Å². The smallest absolute Gasteiger partial charge is 0.272 e. The molecule has 0 unspecified atom stereocenters. The van der Waals surface area contributed by atoms with E-state index in [4.69, 9.17) is 16.7 Å². The molecule has 0 radical (unpaired) electrons. The van der Waals surface area contributed by atoms with Gasteiger partial charge < -0.3 is 15.0 Å². The zero-order valence-electron chi connectivity index (χ0n) is 11.6. The van der Waals surface area contributed by atoms with Gasteiger partial charge in [-0.05, 0) is 37.3 Å². The number of aromatic nitrogens is 1. The number of aliphatic hydroxyl groups excluding tert-OH is 1. The van der Waals surface area contributed by atoms with Gasteiger partial charge in [0, 0.05) is 23.3 Å². The van der Waals surface area contributed by atoms with Gasteiger partial charge in [-0.2, -0.15) is 0 Å². The van der Waals surface area contributed by atoms with Gasteiger partial charge in [0.1, 0.15) is 12.3 Å². The molecule has 0 aliphatic carbocycles. The predicted molar refractivity (Wildman–Crippen MR) is 83.5 cm³/mol. The van der Waals surface area contributed by atoms with Crippen LogP contribution in [0, 0.1) is 11.8 Å². The van der Waals surface area contributed by atoms with Crippen LogP contribution in [0.25, 0.3) is 0 Å². The van der Waals surface area contributed by atoms with Gasteiger partial charge in [0.15, 0.2) is 0 Å². The molecule has 5 heteroatoms. The largest absolute Gasteiger partial charge is 0.384 e. The number of nitrogens with zero attached hydrogens (tertiary/aromatic N) is 1. The molecule has 4 nitrogen and oxygen atoms in total. The van der Waals surface area contributed by atoms with E-state index in [1.54, 1.807) is 24.3 Å². The monoisotopic (exact) mass is 302 g/mol. The van der Waals surface area contributed by atoms with E-state index in [-0.39, 0.29) is 12.5 Å². The Labute approximate surface area is 128 Å². The van der Waals surface area contributed by atoms with Crippen molar-refractivity contribution in [3.63, 3.8) is 0 Å². The Morgan fingerprint density at radius 3 is 2.95 bits per heavy atom. The van der Waals surface area contributed by atoms with Gasteiger partial charge in [0.2, 0.25) is 0 Å². The number of aliphatic hydroxyl groups is 1. The van der Waals surface area contributed by atoms with Gasteiger partial charge in [-0.15, -0.1) is 0 Å². The third-order valence-electron chi connectivity index (χ3n) is 2.93. The molecule has 0 spiro atoms. The zero-order chi connectivity index (χ0) is 15.2. The van der Waals surface area contributed by atoms with Crippen molar-refractivity contribution in [3.8, 4) is 11.8 Å². The highest BCUT2D eigenvalue weighted by Crippen LogP contribution is 2.20. The van der Waals surface area contributed by atoms with Crippen molar-refractivity contribution < 1.29 is 9.90 Å². The van der Waals surface area contributed by atoms with Gasteiger partial charge >= 0.3 is 0 Å². The molecule has 0 fully saturated rings. The lowest BCUT2D eigenvalue weighted by atomic mass is 10.1. The number of hydrogen-bond donors (Lipinski definition) is 2. The first-order chi connectivity index (χ1) is 10.2. The van der Waals surface area contributed by atoms with Crippen LogP contribution >= 0.6 is 11.6 Å². The molecule has 1 heterocycles. The van der Waals surface area contributed by atoms with Crippen LogP contribution in [0.2, 0.25) is 5.02 Å². The molecule has 0 saturated heterocycles. The summed E-state index contributed by atoms with van der Waals surface area (Å²) in [6.45, 7) is 2.43. The summed E-state index contributed by atoms with van der Waals surface area (Å²) in [7, 11) is 0. The zero-order valence-corrected chi connectivity index (χ0v) is 12.3. The Hall–Kier alpha value is -2.22. The molecule has 0 saturated carbocycles. The summed E-state index contributed by atoms with van der Waals surface area (Å²) in [4.78, 5) is 12.3. The summed E-state index contributed by atoms with van der Waals surface area (Å²) in [5.74, 6) is 5.12. The molecular formula is C16H15ClN2O2. The van der Waals surface area contributed by atoms with Gasteiger partial charge in [-0.25, -0.2) is 0 Å². The van der Waals surface area contributed by atoms with E-state index < -0.39 is 0 Å². The average Bonchev–Trinajstić information content (AvgIpc) is 2.96. The van der Waals surface area contributed by atoms with Crippen LogP contribution in [0.1, 0.15) is 23.0 Å². The Balaban J connectivity index is 2.29. The van der Waals surface area contributed by atoms with Crippen molar-refractivity contribution >= 4 is 23.2 Å². The maximum atomic E-state index is 12.3. The van der Waals surface area contributed by atoms with E-state index in [1.165, 1.54) is 0 Å². The first kappa shape index (κ1) is 15.2. The van der Waals surface area contributed by atoms with E-state index in [0.717, 1.165) is 0 Å². The van der Waals surface area contributed by atoms with E-state index in [1.807, 2.05) is 23.8 Å². The molecule has 2 aromatic rings. The lowest BCUT2D eigenvalue weighted by Gasteiger charge is -2.10. The lowest BCUT2D eigenvalue weighted by molar-refractivity contribution is 0.101. The Morgan fingerprint density at radius 2 is 2.24 bits per heavy atom. The number of rotatable bonds is 3. The normalized spacial score (nSPS) is 9.86. The summed E-state index contributed by atoms with van der Waals surface area (Å²) in [6.07, 6.45) is 1.85. The van der Waals surface area contributed by atoms with Gasteiger partial charge in [0.05, 0.1) is 5.69 Å². The highest BCUT2D eigenvalue weighted by Gasteiger charge is 2.12. The minimum atomic E-state index is -0.251. The number of anilines is 1. The minimum Gasteiger partial charge on any atom is -0.384 e. The molecule has 1 aromatic heterocycles. The van der Waals surface area contributed by atoms with Crippen LogP contribution in [0.5, 0.6) is 0 Å². The van der Waals surface area contributed by atoms with Crippen LogP contribution in [-0.4, -0.2) is 22.2 Å². The van der Waals surface area contributed by atoms with Crippen molar-refractivity contribution in [2.75, 3.05) is 11.9 Å². The van der Waals surface area contributed by atoms with Crippen LogP contribution < -0.4 is 5.32 Å². The molecule has 2 N–H and O–H groups in total. The third-order valence-corrected chi connectivity index (χ3v) is 3.17. The van der Waals surface area contributed by atoms with E-state index >= 15 is 0 Å². The summed E-state index contributed by atoms with van der Waals surface area (Å²) in [6, 6.07) is 8.61. The van der Waals surface area contributed by atoms with Gasteiger partial charge in [-0.3, -0.25) is 4.79 Å². The number of nitrogens with one attached hydrogen (secondary N) is 1. The quantitative estimate of drug-likeness (QED) is 0.857. The van der Waals surface area contributed by atoms with Crippen molar-refractivity contribution in [2.45, 2.75) is 13.5 Å². The van der Waals surface area contributed by atoms with Crippen LogP contribution in [0.15, 0.2) is 36.5 Å². The second-order valence-corrected chi connectivity index (χ2v) is 4.72. The Morgan fingerprint density at radius 1 is 1.43 bits per heavy atom. The maximum absolute atomic E-state index is 12.3.